The van der Waals surface area contributed by atoms with Gasteiger partial charge in [-0.2, -0.15) is 0 Å². The molecular weight excluding hydrogens is 300 g/mol. The summed E-state index contributed by atoms with van der Waals surface area (Å²) in [6, 6.07) is 4.51. The van der Waals surface area contributed by atoms with Crippen LogP contribution in [-0.4, -0.2) is 24.5 Å². The maximum atomic E-state index is 12.1. The topological polar surface area (TPSA) is 99.3 Å². The number of hydrogen-bond donors (Lipinski definition) is 3. The Balaban J connectivity index is 2.20. The molecule has 108 valence electrons. The van der Waals surface area contributed by atoms with E-state index in [0.29, 0.717) is 0 Å². The lowest BCUT2D eigenvalue weighted by molar-refractivity contribution is 0.0691. The normalized spacial score (nSPS) is 13.3. The molecule has 0 aliphatic rings. The zero-order valence-corrected chi connectivity index (χ0v) is 12.5. The molecule has 1 atom stereocenters. The number of carboxylic acid groups (broad SMARTS) is 1. The van der Waals surface area contributed by atoms with E-state index < -0.39 is 16.0 Å². The molecule has 1 unspecified atom stereocenters. The molecule has 2 aromatic rings. The van der Waals surface area contributed by atoms with Gasteiger partial charge in [-0.3, -0.25) is 0 Å². The predicted octanol–water partition coefficient (Wildman–Crippen LogP) is 2.12. The first kappa shape index (κ1) is 14.8. The average molecular weight is 314 g/mol. The second-order valence-corrected chi connectivity index (χ2v) is 7.38. The Morgan fingerprint density at radius 3 is 2.65 bits per heavy atom. The monoisotopic (exact) mass is 314 g/mol. The quantitative estimate of drug-likeness (QED) is 0.787. The number of aromatic nitrogens is 1. The van der Waals surface area contributed by atoms with E-state index in [1.807, 2.05) is 19.1 Å². The zero-order valence-electron chi connectivity index (χ0n) is 10.9. The van der Waals surface area contributed by atoms with Gasteiger partial charge in [-0.15, -0.1) is 11.3 Å². The summed E-state index contributed by atoms with van der Waals surface area (Å²) in [5.41, 5.74) is -0.162. The van der Waals surface area contributed by atoms with E-state index in [1.54, 1.807) is 6.92 Å². The molecule has 2 rings (SSSR count). The molecule has 6 nitrogen and oxygen atoms in total. The molecule has 0 aromatic carbocycles. The van der Waals surface area contributed by atoms with Crippen molar-refractivity contribution in [1.29, 1.82) is 0 Å². The van der Waals surface area contributed by atoms with Crippen LogP contribution < -0.4 is 4.72 Å². The van der Waals surface area contributed by atoms with E-state index in [2.05, 4.69) is 9.71 Å². The van der Waals surface area contributed by atoms with Gasteiger partial charge in [0.15, 0.2) is 0 Å². The highest BCUT2D eigenvalue weighted by Crippen LogP contribution is 2.24. The Labute approximate surface area is 120 Å². The molecule has 2 aromatic heterocycles. The fourth-order valence-corrected chi connectivity index (χ4v) is 3.87. The molecule has 0 aliphatic heterocycles. The molecule has 0 bridgehead atoms. The number of rotatable bonds is 5. The molecule has 0 aliphatic carbocycles. The van der Waals surface area contributed by atoms with Crippen LogP contribution in [0.4, 0.5) is 0 Å². The van der Waals surface area contributed by atoms with Crippen LogP contribution in [0.25, 0.3) is 0 Å². The van der Waals surface area contributed by atoms with Gasteiger partial charge in [0.2, 0.25) is 10.0 Å². The Kier molecular flexibility index (Phi) is 3.98. The fourth-order valence-electron chi connectivity index (χ4n) is 1.70. The van der Waals surface area contributed by atoms with E-state index >= 15 is 0 Å². The summed E-state index contributed by atoms with van der Waals surface area (Å²) in [6.07, 6.45) is 1.16. The summed E-state index contributed by atoms with van der Waals surface area (Å²) in [6.45, 7) is 3.69. The van der Waals surface area contributed by atoms with Gasteiger partial charge in [-0.05, 0) is 32.0 Å². The van der Waals surface area contributed by atoms with Crippen LogP contribution in [0.2, 0.25) is 0 Å². The van der Waals surface area contributed by atoms with Crippen LogP contribution in [0.3, 0.4) is 0 Å². The van der Waals surface area contributed by atoms with Gasteiger partial charge >= 0.3 is 5.97 Å². The Morgan fingerprint density at radius 1 is 1.45 bits per heavy atom. The van der Waals surface area contributed by atoms with Crippen molar-refractivity contribution < 1.29 is 18.3 Å². The van der Waals surface area contributed by atoms with Crippen LogP contribution in [-0.2, 0) is 10.0 Å². The van der Waals surface area contributed by atoms with E-state index in [1.165, 1.54) is 11.3 Å². The van der Waals surface area contributed by atoms with Crippen molar-refractivity contribution in [2.24, 2.45) is 0 Å². The minimum atomic E-state index is -3.75. The summed E-state index contributed by atoms with van der Waals surface area (Å²) < 4.78 is 26.8. The second kappa shape index (κ2) is 5.39. The summed E-state index contributed by atoms with van der Waals surface area (Å²) in [5.74, 6) is -1.20. The highest BCUT2D eigenvalue weighted by atomic mass is 32.2. The molecule has 0 radical (unpaired) electrons. The van der Waals surface area contributed by atoms with Crippen molar-refractivity contribution in [3.8, 4) is 0 Å². The lowest BCUT2D eigenvalue weighted by Crippen LogP contribution is -2.26. The number of aromatic amines is 1. The number of aromatic carboxylic acids is 1. The minimum Gasteiger partial charge on any atom is -0.477 e. The molecule has 2 heterocycles. The van der Waals surface area contributed by atoms with E-state index in [4.69, 9.17) is 5.11 Å². The third-order valence-corrected chi connectivity index (χ3v) is 5.42. The molecule has 3 N–H and O–H groups in total. The van der Waals surface area contributed by atoms with Crippen LogP contribution in [0, 0.1) is 6.92 Å². The third-order valence-electron chi connectivity index (χ3n) is 2.72. The van der Waals surface area contributed by atoms with Gasteiger partial charge < -0.3 is 10.1 Å². The van der Waals surface area contributed by atoms with Crippen LogP contribution in [0.1, 0.15) is 33.2 Å². The molecule has 20 heavy (non-hydrogen) atoms. The molecule has 0 spiro atoms. The number of carbonyl (C=O) groups is 1. The first-order chi connectivity index (χ1) is 9.29. The Hall–Kier alpha value is -1.64. The number of carboxylic acids is 1. The van der Waals surface area contributed by atoms with Gasteiger partial charge in [0.05, 0.1) is 6.04 Å². The molecule has 8 heteroatoms. The lowest BCUT2D eigenvalue weighted by atomic mass is 10.3. The van der Waals surface area contributed by atoms with Gasteiger partial charge in [-0.1, -0.05) is 0 Å². The average Bonchev–Trinajstić information content (AvgIpc) is 2.96. The van der Waals surface area contributed by atoms with Crippen molar-refractivity contribution in [3.63, 3.8) is 0 Å². The number of thiophene rings is 1. The van der Waals surface area contributed by atoms with Crippen molar-refractivity contribution in [2.45, 2.75) is 24.8 Å². The van der Waals surface area contributed by atoms with Gasteiger partial charge in [0, 0.05) is 16.0 Å². The van der Waals surface area contributed by atoms with Crippen LogP contribution in [0.15, 0.2) is 29.3 Å². The summed E-state index contributed by atoms with van der Waals surface area (Å²) >= 11 is 1.51. The Bertz CT molecular complexity index is 730. The molecule has 0 saturated carbocycles. The molecule has 0 saturated heterocycles. The summed E-state index contributed by atoms with van der Waals surface area (Å²) in [4.78, 5) is 15.1. The van der Waals surface area contributed by atoms with E-state index in [9.17, 15) is 13.2 Å². The second-order valence-electron chi connectivity index (χ2n) is 4.35. The largest absolute Gasteiger partial charge is 0.477 e. The van der Waals surface area contributed by atoms with Crippen molar-refractivity contribution in [3.05, 3.63) is 39.8 Å². The van der Waals surface area contributed by atoms with Crippen molar-refractivity contribution in [1.82, 2.24) is 9.71 Å². The number of hydrogen-bond acceptors (Lipinski definition) is 4. The van der Waals surface area contributed by atoms with Crippen molar-refractivity contribution in [2.75, 3.05) is 0 Å². The number of aryl methyl sites for hydroxylation is 1. The zero-order chi connectivity index (χ0) is 14.9. The molecule has 0 fully saturated rings. The molecular formula is C12H14N2O4S2. The van der Waals surface area contributed by atoms with E-state index in [-0.39, 0.29) is 16.6 Å². The Morgan fingerprint density at radius 2 is 2.15 bits per heavy atom. The minimum absolute atomic E-state index is 0.0879. The highest BCUT2D eigenvalue weighted by Gasteiger charge is 2.21. The highest BCUT2D eigenvalue weighted by molar-refractivity contribution is 7.89. The van der Waals surface area contributed by atoms with Gasteiger partial charge in [0.1, 0.15) is 10.6 Å². The number of sulfonamides is 1. The number of H-pyrrole nitrogens is 1. The summed E-state index contributed by atoms with van der Waals surface area (Å²) in [7, 11) is -3.75. The summed E-state index contributed by atoms with van der Waals surface area (Å²) in [5, 5.41) is 8.78. The van der Waals surface area contributed by atoms with Crippen LogP contribution >= 0.6 is 11.3 Å². The predicted molar refractivity (Wildman–Crippen MR) is 75.5 cm³/mol. The number of nitrogens with one attached hydrogen (secondary N) is 2. The van der Waals surface area contributed by atoms with E-state index in [0.717, 1.165) is 22.0 Å². The standard InChI is InChI=1S/C12H14N2O4S2/c1-7-3-4-11(19-7)8(2)14-20(17,18)9-5-10(12(15)16)13-6-9/h3-6,8,13-14H,1-2H3,(H,15,16). The molecule has 0 amide bonds. The maximum Gasteiger partial charge on any atom is 0.352 e. The van der Waals surface area contributed by atoms with Gasteiger partial charge in [0.25, 0.3) is 0 Å². The first-order valence-corrected chi connectivity index (χ1v) is 8.10. The van der Waals surface area contributed by atoms with Gasteiger partial charge in [-0.25, -0.2) is 17.9 Å². The maximum absolute atomic E-state index is 12.1. The fraction of sp³-hybridized carbons (Fsp3) is 0.250. The third kappa shape index (κ3) is 3.09. The van der Waals surface area contributed by atoms with Crippen LogP contribution in [0.5, 0.6) is 0 Å². The SMILES string of the molecule is Cc1ccc(C(C)NS(=O)(=O)c2c[nH]c(C(=O)O)c2)s1. The first-order valence-electron chi connectivity index (χ1n) is 5.80. The lowest BCUT2D eigenvalue weighted by Gasteiger charge is -2.11. The smallest absolute Gasteiger partial charge is 0.352 e. The van der Waals surface area contributed by atoms with Crippen molar-refractivity contribution >= 4 is 27.3 Å².